The molecule has 0 aliphatic heterocycles. The van der Waals surface area contributed by atoms with E-state index in [0.29, 0.717) is 73.6 Å². The summed E-state index contributed by atoms with van der Waals surface area (Å²) >= 11 is 12.6. The molecule has 0 amide bonds. The highest BCUT2D eigenvalue weighted by molar-refractivity contribution is 6.31. The average molecular weight is 922 g/mol. The van der Waals surface area contributed by atoms with E-state index in [9.17, 15) is 28.2 Å². The van der Waals surface area contributed by atoms with Gasteiger partial charge in [0.15, 0.2) is 10.3 Å². The molecule has 15 nitrogen and oxygen atoms in total. The largest absolute Gasteiger partial charge is 0.478 e. The number of rotatable bonds is 20. The topological polar surface area (TPSA) is 204 Å². The maximum atomic E-state index is 12.5. The van der Waals surface area contributed by atoms with Gasteiger partial charge in [0, 0.05) is 75.6 Å². The van der Waals surface area contributed by atoms with Crippen molar-refractivity contribution < 1.29 is 32.9 Å². The molecule has 20 heteroatoms. The molecular formula is C43H57Cl2F3N10O5. The lowest BCUT2D eigenvalue weighted by Crippen LogP contribution is -2.23. The van der Waals surface area contributed by atoms with Gasteiger partial charge in [-0.05, 0) is 43.7 Å². The van der Waals surface area contributed by atoms with Crippen LogP contribution in [-0.2, 0) is 4.74 Å². The molecule has 4 rings (SSSR count). The van der Waals surface area contributed by atoms with Crippen molar-refractivity contribution in [3.05, 3.63) is 79.6 Å². The predicted molar refractivity (Wildman–Crippen MR) is 243 cm³/mol. The summed E-state index contributed by atoms with van der Waals surface area (Å²) in [5.41, 5.74) is 1.74. The molecule has 0 spiro atoms. The second-order valence-corrected chi connectivity index (χ2v) is 13.8. The SMILES string of the molecule is CC.CCC(CO)CCNc1nc(NCCOC)nc(Cl)c1C#Cc1ccc(=O)[nH]c1.CCOc1ccc(C#Cc2c(Cl)nc(NCC(F)(F)F)nc2NCCC(CC)CO)cn1. The Balaban J connectivity index is 0.000000419. The number of H-pyrrole nitrogens is 1. The molecule has 0 radical (unpaired) electrons. The van der Waals surface area contributed by atoms with E-state index in [-0.39, 0.29) is 58.2 Å². The number of methoxy groups -OCH3 is 1. The summed E-state index contributed by atoms with van der Waals surface area (Å²) in [6.07, 6.45) is 1.74. The van der Waals surface area contributed by atoms with Crippen LogP contribution in [0.2, 0.25) is 10.3 Å². The first-order valence-corrected chi connectivity index (χ1v) is 21.3. The van der Waals surface area contributed by atoms with Crippen LogP contribution in [0.25, 0.3) is 0 Å². The van der Waals surface area contributed by atoms with Crippen LogP contribution in [-0.4, -0.2) is 106 Å². The van der Waals surface area contributed by atoms with Crippen LogP contribution in [0.5, 0.6) is 5.88 Å². The second-order valence-electron chi connectivity index (χ2n) is 13.1. The molecule has 0 saturated heterocycles. The molecule has 0 aliphatic carbocycles. The lowest BCUT2D eigenvalue weighted by molar-refractivity contribution is -0.115. The van der Waals surface area contributed by atoms with Crippen molar-refractivity contribution in [2.45, 2.75) is 66.5 Å². The number of alkyl halides is 3. The van der Waals surface area contributed by atoms with Crippen molar-refractivity contribution in [3.8, 4) is 29.6 Å². The zero-order valence-corrected chi connectivity index (χ0v) is 37.9. The Hall–Kier alpha value is -5.37. The summed E-state index contributed by atoms with van der Waals surface area (Å²) in [5.74, 6) is 13.3. The summed E-state index contributed by atoms with van der Waals surface area (Å²) in [4.78, 5) is 34.6. The number of aromatic nitrogens is 6. The lowest BCUT2D eigenvalue weighted by Gasteiger charge is -2.15. The lowest BCUT2D eigenvalue weighted by atomic mass is 10.0. The van der Waals surface area contributed by atoms with Gasteiger partial charge in [0.1, 0.15) is 29.3 Å². The Kier molecular flexibility index (Phi) is 25.5. The van der Waals surface area contributed by atoms with Gasteiger partial charge < -0.3 is 45.9 Å². The van der Waals surface area contributed by atoms with Gasteiger partial charge in [-0.2, -0.15) is 33.1 Å². The fourth-order valence-electron chi connectivity index (χ4n) is 5.03. The number of ether oxygens (including phenoxy) is 2. The second kappa shape index (κ2) is 29.8. The number of halogens is 5. The van der Waals surface area contributed by atoms with Crippen LogP contribution in [0.3, 0.4) is 0 Å². The van der Waals surface area contributed by atoms with Gasteiger partial charge in [-0.3, -0.25) is 4.79 Å². The summed E-state index contributed by atoms with van der Waals surface area (Å²) in [6, 6.07) is 6.43. The fourth-order valence-corrected chi connectivity index (χ4v) is 5.46. The van der Waals surface area contributed by atoms with Crippen LogP contribution < -0.4 is 31.6 Å². The number of hydrogen-bond donors (Lipinski definition) is 7. The van der Waals surface area contributed by atoms with Gasteiger partial charge in [0.05, 0.1) is 13.2 Å². The Labute approximate surface area is 376 Å². The molecule has 0 aliphatic rings. The molecule has 344 valence electrons. The van der Waals surface area contributed by atoms with E-state index >= 15 is 0 Å². The molecular weight excluding hydrogens is 864 g/mol. The number of pyridine rings is 2. The Morgan fingerprint density at radius 3 is 1.75 bits per heavy atom. The number of nitrogens with zero attached hydrogens (tertiary/aromatic N) is 5. The number of aliphatic hydroxyl groups is 2. The molecule has 0 bridgehead atoms. The van der Waals surface area contributed by atoms with E-state index in [0.717, 1.165) is 19.3 Å². The standard InChI is InChI=1S/C21H25ClF3N5O2.C20H26ClN5O3.C2H6/c1-3-14(12-31)9-10-26-19-16(7-5-15-6-8-17(27-11-15)32-4-2)18(22)29-20(30-19)28-13-21(23,24)25;1-3-14(13-27)8-9-22-19-16(6-4-15-5-7-17(28)24-12-15)18(21)25-20(26-19)23-10-11-29-2;1-2/h6,8,11,14,31H,3-4,9-10,12-13H2,1-2H3,(H2,26,28,29,30);5,7,12,14,27H,3,8-11,13H2,1-2H3,(H,24,28)(H2,22,23,25,26);1-2H3. The van der Waals surface area contributed by atoms with Gasteiger partial charge >= 0.3 is 6.18 Å². The van der Waals surface area contributed by atoms with Crippen molar-refractivity contribution in [2.24, 2.45) is 11.8 Å². The number of anilines is 4. The van der Waals surface area contributed by atoms with Crippen molar-refractivity contribution in [1.29, 1.82) is 0 Å². The first kappa shape index (κ1) is 53.8. The Morgan fingerprint density at radius 2 is 1.30 bits per heavy atom. The number of aliphatic hydroxyl groups excluding tert-OH is 2. The van der Waals surface area contributed by atoms with Gasteiger partial charge in [-0.25, -0.2) is 4.98 Å². The van der Waals surface area contributed by atoms with Crippen LogP contribution >= 0.6 is 23.2 Å². The van der Waals surface area contributed by atoms with Gasteiger partial charge in [0.25, 0.3) is 0 Å². The van der Waals surface area contributed by atoms with Crippen molar-refractivity contribution in [2.75, 3.05) is 81.0 Å². The maximum Gasteiger partial charge on any atom is 0.405 e. The highest BCUT2D eigenvalue weighted by Crippen LogP contribution is 2.25. The molecule has 2 atom stereocenters. The zero-order chi connectivity index (χ0) is 46.6. The minimum Gasteiger partial charge on any atom is -0.478 e. The summed E-state index contributed by atoms with van der Waals surface area (Å²) in [6.45, 7) is 11.3. The van der Waals surface area contributed by atoms with Crippen LogP contribution in [0.1, 0.15) is 82.6 Å². The third kappa shape index (κ3) is 20.6. The average Bonchev–Trinajstić information content (AvgIpc) is 3.27. The highest BCUT2D eigenvalue weighted by atomic mass is 35.5. The minimum absolute atomic E-state index is 0.0402. The van der Waals surface area contributed by atoms with E-state index in [4.69, 9.17) is 32.7 Å². The summed E-state index contributed by atoms with van der Waals surface area (Å²) < 4.78 is 48.0. The quantitative estimate of drug-likeness (QED) is 0.0265. The van der Waals surface area contributed by atoms with Crippen LogP contribution in [0.15, 0.2) is 41.5 Å². The van der Waals surface area contributed by atoms with E-state index in [1.54, 1.807) is 25.3 Å². The first-order valence-electron chi connectivity index (χ1n) is 20.5. The van der Waals surface area contributed by atoms with E-state index < -0.39 is 12.7 Å². The zero-order valence-electron chi connectivity index (χ0n) is 36.3. The van der Waals surface area contributed by atoms with E-state index in [1.165, 1.54) is 18.5 Å². The van der Waals surface area contributed by atoms with Crippen LogP contribution in [0.4, 0.5) is 36.7 Å². The molecule has 0 aromatic carbocycles. The molecule has 0 saturated carbocycles. The number of nitrogens with one attached hydrogen (secondary N) is 5. The van der Waals surface area contributed by atoms with Crippen molar-refractivity contribution >= 4 is 46.7 Å². The molecule has 2 unspecified atom stereocenters. The molecule has 0 fully saturated rings. The summed E-state index contributed by atoms with van der Waals surface area (Å²) in [5, 5.41) is 30.3. The molecule has 4 aromatic rings. The monoisotopic (exact) mass is 920 g/mol. The van der Waals surface area contributed by atoms with E-state index in [2.05, 4.69) is 74.9 Å². The van der Waals surface area contributed by atoms with Crippen molar-refractivity contribution in [1.82, 2.24) is 29.9 Å². The number of hydrogen-bond acceptors (Lipinski definition) is 14. The Morgan fingerprint density at radius 1 is 0.762 bits per heavy atom. The molecule has 7 N–H and O–H groups in total. The van der Waals surface area contributed by atoms with Crippen LogP contribution in [0, 0.1) is 35.5 Å². The normalized spacial score (nSPS) is 11.4. The molecule has 4 aromatic heterocycles. The first-order chi connectivity index (χ1) is 30.3. The van der Waals surface area contributed by atoms with Gasteiger partial charge in [-0.1, -0.05) is 87.4 Å². The third-order valence-electron chi connectivity index (χ3n) is 8.60. The number of aromatic amines is 1. The van der Waals surface area contributed by atoms with Gasteiger partial charge in [0.2, 0.25) is 23.3 Å². The Bertz CT molecular complexity index is 2110. The third-order valence-corrected chi connectivity index (χ3v) is 9.15. The van der Waals surface area contributed by atoms with E-state index in [1.807, 2.05) is 34.6 Å². The maximum absolute atomic E-state index is 12.5. The fraction of sp³-hybridized carbons (Fsp3) is 0.488. The highest BCUT2D eigenvalue weighted by Gasteiger charge is 2.27. The van der Waals surface area contributed by atoms with Crippen molar-refractivity contribution in [3.63, 3.8) is 0 Å². The minimum atomic E-state index is -4.43. The smallest absolute Gasteiger partial charge is 0.405 e. The van der Waals surface area contributed by atoms with Gasteiger partial charge in [-0.15, -0.1) is 0 Å². The molecule has 4 heterocycles. The summed E-state index contributed by atoms with van der Waals surface area (Å²) in [7, 11) is 1.61. The predicted octanol–water partition coefficient (Wildman–Crippen LogP) is 7.24. The molecule has 63 heavy (non-hydrogen) atoms.